The maximum atomic E-state index is 12.8. The Kier molecular flexibility index (Phi) is 7.47. The summed E-state index contributed by atoms with van der Waals surface area (Å²) < 4.78 is 11.3. The second kappa shape index (κ2) is 10.9. The minimum atomic E-state index is -0.525. The highest BCUT2D eigenvalue weighted by Crippen LogP contribution is 2.34. The van der Waals surface area contributed by atoms with Crippen molar-refractivity contribution < 1.29 is 24.0 Å². The average molecular weight is 491 g/mol. The van der Waals surface area contributed by atoms with E-state index in [1.165, 1.54) is 17.7 Å². The lowest BCUT2D eigenvalue weighted by Crippen LogP contribution is -2.27. The number of nitro benzene ring substituents is 1. The van der Waals surface area contributed by atoms with E-state index in [2.05, 4.69) is 0 Å². The molecule has 0 spiro atoms. The van der Waals surface area contributed by atoms with Crippen LogP contribution in [-0.2, 0) is 11.3 Å². The number of imide groups is 1. The number of rotatable bonds is 9. The third-order valence-corrected chi connectivity index (χ3v) is 6.12. The van der Waals surface area contributed by atoms with Gasteiger partial charge in [0, 0.05) is 11.6 Å². The monoisotopic (exact) mass is 490 g/mol. The Morgan fingerprint density at radius 2 is 1.51 bits per heavy atom. The molecule has 0 bridgehead atoms. The van der Waals surface area contributed by atoms with E-state index in [0.717, 1.165) is 28.0 Å². The Balaban J connectivity index is 1.34. The lowest BCUT2D eigenvalue weighted by molar-refractivity contribution is -0.385. The number of nitro groups is 1. The lowest BCUT2D eigenvalue weighted by atomic mass is 10.1. The molecule has 0 unspecified atom stereocenters. The summed E-state index contributed by atoms with van der Waals surface area (Å²) in [6.45, 7) is 2.63. The summed E-state index contributed by atoms with van der Waals surface area (Å²) in [5, 5.41) is 10.8. The summed E-state index contributed by atoms with van der Waals surface area (Å²) >= 11 is 0.811. The largest absolute Gasteiger partial charge is 0.490 e. The fraction of sp³-hybridized carbons (Fsp3) is 0.154. The molecule has 0 N–H and O–H groups in total. The molecule has 0 radical (unpaired) electrons. The summed E-state index contributed by atoms with van der Waals surface area (Å²) in [4.78, 5) is 37.2. The number of hydrogen-bond acceptors (Lipinski definition) is 7. The summed E-state index contributed by atoms with van der Waals surface area (Å²) in [5.74, 6) is 0.955. The van der Waals surface area contributed by atoms with Crippen LogP contribution in [0.4, 0.5) is 10.5 Å². The number of para-hydroxylation sites is 1. The Morgan fingerprint density at radius 3 is 2.14 bits per heavy atom. The summed E-state index contributed by atoms with van der Waals surface area (Å²) in [5.41, 5.74) is 2.06. The third kappa shape index (κ3) is 6.07. The molecule has 3 aromatic rings. The van der Waals surface area contributed by atoms with E-state index in [0.29, 0.717) is 24.5 Å². The highest BCUT2D eigenvalue weighted by Gasteiger charge is 2.36. The van der Waals surface area contributed by atoms with Crippen LogP contribution in [0.2, 0.25) is 0 Å². The first-order valence-corrected chi connectivity index (χ1v) is 11.6. The fourth-order valence-electron chi connectivity index (χ4n) is 3.39. The number of carbonyl (C=O) groups is 2. The molecule has 9 heteroatoms. The van der Waals surface area contributed by atoms with Crippen LogP contribution in [0.3, 0.4) is 0 Å². The van der Waals surface area contributed by atoms with Gasteiger partial charge in [0.2, 0.25) is 0 Å². The van der Waals surface area contributed by atoms with Crippen LogP contribution in [0.15, 0.2) is 77.7 Å². The molecule has 4 rings (SSSR count). The van der Waals surface area contributed by atoms with Crippen molar-refractivity contribution in [2.24, 2.45) is 0 Å². The number of aryl methyl sites for hydroxylation is 1. The zero-order valence-electron chi connectivity index (χ0n) is 18.9. The molecule has 1 aliphatic heterocycles. The smallest absolute Gasteiger partial charge is 0.293 e. The number of nitrogens with zero attached hydrogens (tertiary/aromatic N) is 2. The van der Waals surface area contributed by atoms with E-state index in [4.69, 9.17) is 9.47 Å². The van der Waals surface area contributed by atoms with Crippen LogP contribution in [0.5, 0.6) is 11.5 Å². The average Bonchev–Trinajstić information content (AvgIpc) is 3.11. The van der Waals surface area contributed by atoms with Gasteiger partial charge in [0.25, 0.3) is 16.8 Å². The fourth-order valence-corrected chi connectivity index (χ4v) is 4.23. The van der Waals surface area contributed by atoms with E-state index in [1.807, 2.05) is 31.2 Å². The number of carbonyl (C=O) groups excluding carboxylic acids is 2. The molecule has 1 fully saturated rings. The minimum absolute atomic E-state index is 0.129. The van der Waals surface area contributed by atoms with Crippen LogP contribution < -0.4 is 9.47 Å². The molecule has 35 heavy (non-hydrogen) atoms. The molecule has 0 atom stereocenters. The Hall–Kier alpha value is -4.11. The standard InChI is InChI=1S/C26H22N2O6S/c1-18-6-10-21(11-7-18)33-14-15-34-22-12-8-19(9-13-22)16-24-25(29)27(26(30)35-24)17-20-4-2-3-5-23(20)28(31)32/h2-13,16H,14-15,17H2,1H3/b24-16-. The predicted molar refractivity (Wildman–Crippen MR) is 133 cm³/mol. The van der Waals surface area contributed by atoms with E-state index in [1.54, 1.807) is 42.5 Å². The van der Waals surface area contributed by atoms with Crippen molar-refractivity contribution in [3.05, 3.63) is 105 Å². The molecule has 0 aromatic heterocycles. The summed E-state index contributed by atoms with van der Waals surface area (Å²) in [7, 11) is 0. The maximum Gasteiger partial charge on any atom is 0.293 e. The van der Waals surface area contributed by atoms with E-state index in [9.17, 15) is 19.7 Å². The van der Waals surface area contributed by atoms with Crippen molar-refractivity contribution in [3.63, 3.8) is 0 Å². The summed E-state index contributed by atoms with van der Waals surface area (Å²) in [6, 6.07) is 21.0. The summed E-state index contributed by atoms with van der Waals surface area (Å²) in [6.07, 6.45) is 1.62. The molecule has 0 aliphatic carbocycles. The van der Waals surface area contributed by atoms with Crippen molar-refractivity contribution in [1.29, 1.82) is 0 Å². The Bertz CT molecular complexity index is 1270. The van der Waals surface area contributed by atoms with Gasteiger partial charge in [-0.15, -0.1) is 0 Å². The number of thioether (sulfide) groups is 1. The first-order valence-electron chi connectivity index (χ1n) is 10.8. The first-order chi connectivity index (χ1) is 16.9. The predicted octanol–water partition coefficient (Wildman–Crippen LogP) is 5.60. The van der Waals surface area contributed by atoms with Crippen molar-refractivity contribution in [3.8, 4) is 11.5 Å². The van der Waals surface area contributed by atoms with Gasteiger partial charge in [-0.2, -0.15) is 0 Å². The van der Waals surface area contributed by atoms with Gasteiger partial charge >= 0.3 is 0 Å². The third-order valence-electron chi connectivity index (χ3n) is 5.21. The zero-order chi connectivity index (χ0) is 24.8. The number of ether oxygens (including phenoxy) is 2. The SMILES string of the molecule is Cc1ccc(OCCOc2ccc(/C=C3\SC(=O)N(Cc4ccccc4[N+](=O)[O-])C3=O)cc2)cc1. The molecule has 178 valence electrons. The number of hydrogen-bond donors (Lipinski definition) is 0. The van der Waals surface area contributed by atoms with Crippen molar-refractivity contribution in [2.75, 3.05) is 13.2 Å². The maximum absolute atomic E-state index is 12.8. The molecule has 0 saturated carbocycles. The molecule has 1 aliphatic rings. The molecular formula is C26H22N2O6S. The molecule has 3 aromatic carbocycles. The van der Waals surface area contributed by atoms with Gasteiger partial charge in [0.1, 0.15) is 24.7 Å². The molecule has 2 amide bonds. The van der Waals surface area contributed by atoms with Gasteiger partial charge < -0.3 is 9.47 Å². The van der Waals surface area contributed by atoms with Crippen LogP contribution >= 0.6 is 11.8 Å². The van der Waals surface area contributed by atoms with E-state index >= 15 is 0 Å². The number of amides is 2. The van der Waals surface area contributed by atoms with Crippen molar-refractivity contribution in [2.45, 2.75) is 13.5 Å². The van der Waals surface area contributed by atoms with E-state index < -0.39 is 16.1 Å². The van der Waals surface area contributed by atoms with Crippen LogP contribution in [0, 0.1) is 17.0 Å². The molecule has 1 saturated heterocycles. The van der Waals surface area contributed by atoms with Gasteiger partial charge in [0.15, 0.2) is 0 Å². The molecule has 8 nitrogen and oxygen atoms in total. The highest BCUT2D eigenvalue weighted by molar-refractivity contribution is 8.18. The van der Waals surface area contributed by atoms with Gasteiger partial charge in [-0.3, -0.25) is 24.6 Å². The Labute approximate surface area is 206 Å². The van der Waals surface area contributed by atoms with Crippen molar-refractivity contribution in [1.82, 2.24) is 4.90 Å². The normalized spacial score (nSPS) is 14.4. The quantitative estimate of drug-likeness (QED) is 0.167. The lowest BCUT2D eigenvalue weighted by Gasteiger charge is -2.12. The van der Waals surface area contributed by atoms with Crippen LogP contribution in [0.25, 0.3) is 6.08 Å². The van der Waals surface area contributed by atoms with Crippen LogP contribution in [-0.4, -0.2) is 34.2 Å². The topological polar surface area (TPSA) is 99.0 Å². The first kappa shape index (κ1) is 24.0. The second-order valence-electron chi connectivity index (χ2n) is 7.73. The van der Waals surface area contributed by atoms with E-state index in [-0.39, 0.29) is 17.1 Å². The number of benzene rings is 3. The van der Waals surface area contributed by atoms with Gasteiger partial charge in [0.05, 0.1) is 16.4 Å². The molecule has 1 heterocycles. The Morgan fingerprint density at radius 1 is 0.914 bits per heavy atom. The van der Waals surface area contributed by atoms with Crippen LogP contribution in [0.1, 0.15) is 16.7 Å². The van der Waals surface area contributed by atoms with Gasteiger partial charge in [-0.1, -0.05) is 48.0 Å². The molecular weight excluding hydrogens is 468 g/mol. The van der Waals surface area contributed by atoms with Gasteiger partial charge in [-0.05, 0) is 54.6 Å². The zero-order valence-corrected chi connectivity index (χ0v) is 19.7. The second-order valence-corrected chi connectivity index (χ2v) is 8.73. The van der Waals surface area contributed by atoms with Gasteiger partial charge in [-0.25, -0.2) is 0 Å². The minimum Gasteiger partial charge on any atom is -0.490 e. The highest BCUT2D eigenvalue weighted by atomic mass is 32.2. The van der Waals surface area contributed by atoms with Crippen molar-refractivity contribution >= 4 is 34.7 Å².